The van der Waals surface area contributed by atoms with Gasteiger partial charge in [0.05, 0.1) is 23.8 Å². The van der Waals surface area contributed by atoms with E-state index in [4.69, 9.17) is 0 Å². The third kappa shape index (κ3) is 4.42. The molecular weight excluding hydrogens is 426 g/mol. The molecule has 1 aromatic carbocycles. The Morgan fingerprint density at radius 3 is 2.61 bits per heavy atom. The maximum atomic E-state index is 13.1. The van der Waals surface area contributed by atoms with Gasteiger partial charge >= 0.3 is 0 Å². The lowest BCUT2D eigenvalue weighted by Gasteiger charge is -2.12. The molecule has 0 spiro atoms. The lowest BCUT2D eigenvalue weighted by molar-refractivity contribution is 0.144. The Morgan fingerprint density at radius 2 is 1.87 bits per heavy atom. The second-order valence-electron chi connectivity index (χ2n) is 6.94. The lowest BCUT2D eigenvalue weighted by atomic mass is 9.99. The summed E-state index contributed by atoms with van der Waals surface area (Å²) in [5, 5.41) is 3.97. The van der Waals surface area contributed by atoms with Gasteiger partial charge in [-0.05, 0) is 36.2 Å². The van der Waals surface area contributed by atoms with Gasteiger partial charge in [-0.2, -0.15) is 5.10 Å². The highest BCUT2D eigenvalue weighted by Gasteiger charge is 2.15. The Bertz CT molecular complexity index is 1370. The Kier molecular flexibility index (Phi) is 5.46. The van der Waals surface area contributed by atoms with E-state index in [9.17, 15) is 17.2 Å². The third-order valence-corrected chi connectivity index (χ3v) is 5.45. The summed E-state index contributed by atoms with van der Waals surface area (Å²) in [5.74, 6) is 0. The lowest BCUT2D eigenvalue weighted by Crippen LogP contribution is -2.21. The largest absolute Gasteiger partial charge is 0.282 e. The van der Waals surface area contributed by atoms with Gasteiger partial charge in [0.2, 0.25) is 10.0 Å². The van der Waals surface area contributed by atoms with E-state index >= 15 is 0 Å². The predicted octanol–water partition coefficient (Wildman–Crippen LogP) is 3.15. The molecule has 160 valence electrons. The number of halogens is 2. The molecule has 0 unspecified atom stereocenters. The maximum Gasteiger partial charge on any atom is 0.282 e. The Morgan fingerprint density at radius 1 is 1.10 bits per heavy atom. The number of nitrogens with zero attached hydrogens (tertiary/aromatic N) is 5. The summed E-state index contributed by atoms with van der Waals surface area (Å²) in [6.07, 6.45) is 1.29. The highest BCUT2D eigenvalue weighted by molar-refractivity contribution is 7.88. The van der Waals surface area contributed by atoms with Crippen LogP contribution in [0.15, 0.2) is 48.9 Å². The fourth-order valence-corrected chi connectivity index (χ4v) is 3.60. The maximum absolute atomic E-state index is 13.1. The van der Waals surface area contributed by atoms with Crippen LogP contribution in [0.1, 0.15) is 23.2 Å². The van der Waals surface area contributed by atoms with Crippen molar-refractivity contribution in [2.24, 2.45) is 0 Å². The van der Waals surface area contributed by atoms with Crippen molar-refractivity contribution >= 4 is 15.7 Å². The Labute approximate surface area is 177 Å². The first kappa shape index (κ1) is 20.9. The van der Waals surface area contributed by atoms with Gasteiger partial charge in [0.15, 0.2) is 5.65 Å². The minimum Gasteiger partial charge on any atom is -0.236 e. The van der Waals surface area contributed by atoms with Crippen molar-refractivity contribution in [1.29, 1.82) is 0 Å². The van der Waals surface area contributed by atoms with Crippen LogP contribution >= 0.6 is 0 Å². The van der Waals surface area contributed by atoms with Crippen molar-refractivity contribution in [3.63, 3.8) is 0 Å². The van der Waals surface area contributed by atoms with Crippen LogP contribution in [0.5, 0.6) is 0 Å². The first-order valence-electron chi connectivity index (χ1n) is 9.21. The molecule has 4 aromatic rings. The minimum atomic E-state index is -3.33. The first-order valence-corrected chi connectivity index (χ1v) is 11.1. The quantitative estimate of drug-likeness (QED) is 0.490. The number of hydrogen-bond donors (Lipinski definition) is 1. The highest BCUT2D eigenvalue weighted by Crippen LogP contribution is 2.28. The van der Waals surface area contributed by atoms with Crippen molar-refractivity contribution in [3.8, 4) is 22.6 Å². The summed E-state index contributed by atoms with van der Waals surface area (Å²) in [6, 6.07) is 9.95. The zero-order chi connectivity index (χ0) is 22.2. The summed E-state index contributed by atoms with van der Waals surface area (Å²) in [4.78, 5) is 12.8. The molecular formula is C20H18F2N6O2S. The van der Waals surface area contributed by atoms with Gasteiger partial charge in [-0.1, -0.05) is 18.2 Å². The number of alkyl halides is 2. The van der Waals surface area contributed by atoms with Crippen LogP contribution in [0.4, 0.5) is 8.78 Å². The summed E-state index contributed by atoms with van der Waals surface area (Å²) in [7, 11) is -3.33. The second-order valence-corrected chi connectivity index (χ2v) is 8.78. The summed E-state index contributed by atoms with van der Waals surface area (Å²) in [5.41, 5.74) is 4.05. The van der Waals surface area contributed by atoms with Crippen LogP contribution in [0, 0.1) is 6.92 Å². The molecule has 0 radical (unpaired) electrons. The van der Waals surface area contributed by atoms with E-state index in [2.05, 4.69) is 24.8 Å². The molecule has 3 heterocycles. The fraction of sp³-hybridized carbons (Fsp3) is 0.200. The summed E-state index contributed by atoms with van der Waals surface area (Å²) >= 11 is 0. The number of nitrogens with one attached hydrogen (secondary N) is 1. The topological polar surface area (TPSA) is 102 Å². The van der Waals surface area contributed by atoms with E-state index in [1.807, 2.05) is 25.1 Å². The molecule has 0 bridgehead atoms. The van der Waals surface area contributed by atoms with Gasteiger partial charge in [-0.3, -0.25) is 0 Å². The van der Waals surface area contributed by atoms with Gasteiger partial charge in [0, 0.05) is 12.1 Å². The predicted molar refractivity (Wildman–Crippen MR) is 111 cm³/mol. The number of imidazole rings is 1. The molecule has 4 rings (SSSR count). The normalized spacial score (nSPS) is 12.0. The van der Waals surface area contributed by atoms with Gasteiger partial charge in [0.25, 0.3) is 6.43 Å². The first-order chi connectivity index (χ1) is 14.7. The van der Waals surface area contributed by atoms with Crippen LogP contribution in [0.3, 0.4) is 0 Å². The van der Waals surface area contributed by atoms with E-state index in [-0.39, 0.29) is 12.2 Å². The van der Waals surface area contributed by atoms with E-state index in [0.29, 0.717) is 22.7 Å². The van der Waals surface area contributed by atoms with Crippen molar-refractivity contribution in [2.45, 2.75) is 19.9 Å². The number of hydrogen-bond acceptors (Lipinski definition) is 6. The number of rotatable bonds is 6. The highest BCUT2D eigenvalue weighted by atomic mass is 32.2. The summed E-state index contributed by atoms with van der Waals surface area (Å²) in [6.45, 7) is 2.03. The molecule has 31 heavy (non-hydrogen) atoms. The average molecular weight is 444 g/mol. The van der Waals surface area contributed by atoms with Crippen molar-refractivity contribution in [3.05, 3.63) is 65.7 Å². The molecule has 3 aromatic heterocycles. The van der Waals surface area contributed by atoms with Crippen molar-refractivity contribution in [1.82, 2.24) is 29.3 Å². The van der Waals surface area contributed by atoms with Gasteiger partial charge in [-0.25, -0.2) is 41.4 Å². The molecule has 0 fully saturated rings. The van der Waals surface area contributed by atoms with Crippen LogP contribution in [0.25, 0.3) is 28.3 Å². The monoisotopic (exact) mass is 444 g/mol. The van der Waals surface area contributed by atoms with Crippen LogP contribution in [-0.4, -0.2) is 39.2 Å². The molecule has 11 heteroatoms. The van der Waals surface area contributed by atoms with Crippen LogP contribution < -0.4 is 4.72 Å². The average Bonchev–Trinajstić information content (AvgIpc) is 3.16. The SMILES string of the molecule is Cc1c(CNS(C)(=O)=O)cccc1-c1cc(-c2cnc3ccc(C(F)F)nn23)ncn1. The van der Waals surface area contributed by atoms with E-state index < -0.39 is 16.4 Å². The van der Waals surface area contributed by atoms with Gasteiger partial charge in [0.1, 0.15) is 17.7 Å². The smallest absolute Gasteiger partial charge is 0.236 e. The molecule has 0 aliphatic rings. The molecule has 0 amide bonds. The minimum absolute atomic E-state index is 0.157. The number of aromatic nitrogens is 5. The zero-order valence-corrected chi connectivity index (χ0v) is 17.4. The fourth-order valence-electron chi connectivity index (χ4n) is 3.18. The summed E-state index contributed by atoms with van der Waals surface area (Å²) < 4.78 is 52.8. The molecule has 0 aliphatic heterocycles. The van der Waals surface area contributed by atoms with E-state index in [1.165, 1.54) is 29.2 Å². The van der Waals surface area contributed by atoms with Crippen LogP contribution in [-0.2, 0) is 16.6 Å². The molecule has 0 atom stereocenters. The molecule has 0 saturated carbocycles. The van der Waals surface area contributed by atoms with Crippen molar-refractivity contribution < 1.29 is 17.2 Å². The molecule has 8 nitrogen and oxygen atoms in total. The number of benzene rings is 1. The van der Waals surface area contributed by atoms with Crippen molar-refractivity contribution in [2.75, 3.05) is 6.26 Å². The zero-order valence-electron chi connectivity index (χ0n) is 16.6. The van der Waals surface area contributed by atoms with Crippen LogP contribution in [0.2, 0.25) is 0 Å². The molecule has 0 aliphatic carbocycles. The second kappa shape index (κ2) is 8.08. The standard InChI is InChI=1S/C20H18F2N6O2S/c1-12-13(9-26-31(2,29)30)4-3-5-14(12)16-8-17(25-11-24-16)18-10-23-19-7-6-15(20(21)22)27-28(18)19/h3-8,10-11,20,26H,9H2,1-2H3. The van der Waals surface area contributed by atoms with E-state index in [0.717, 1.165) is 22.9 Å². The third-order valence-electron chi connectivity index (χ3n) is 4.78. The van der Waals surface area contributed by atoms with Gasteiger partial charge in [-0.15, -0.1) is 0 Å². The van der Waals surface area contributed by atoms with E-state index in [1.54, 1.807) is 6.07 Å². The molecule has 1 N–H and O–H groups in total. The number of sulfonamides is 1. The Balaban J connectivity index is 1.75. The Hall–Kier alpha value is -3.31. The molecule has 0 saturated heterocycles. The van der Waals surface area contributed by atoms with Gasteiger partial charge < -0.3 is 0 Å². The number of fused-ring (bicyclic) bond motifs is 1.